The first-order valence-corrected chi connectivity index (χ1v) is 14.6. The number of imide groups is 1. The first-order chi connectivity index (χ1) is 20.3. The van der Waals surface area contributed by atoms with Crippen LogP contribution >= 0.6 is 0 Å². The zero-order valence-corrected chi connectivity index (χ0v) is 25.8. The van der Waals surface area contributed by atoms with Crippen LogP contribution in [0.1, 0.15) is 66.9 Å². The van der Waals surface area contributed by atoms with Crippen LogP contribution in [0.15, 0.2) is 30.9 Å². The molecule has 0 aromatic carbocycles. The second-order valence-corrected chi connectivity index (χ2v) is 13.1. The minimum atomic E-state index is -0.738. The molecular weight excluding hydrogens is 550 g/mol. The van der Waals surface area contributed by atoms with Gasteiger partial charge >= 0.3 is 12.2 Å². The Morgan fingerprint density at radius 3 is 2.14 bits per heavy atom. The highest BCUT2D eigenvalue weighted by molar-refractivity contribution is 5.88. The van der Waals surface area contributed by atoms with E-state index in [1.54, 1.807) is 64.6 Å². The summed E-state index contributed by atoms with van der Waals surface area (Å²) in [5.41, 5.74) is 0.934. The summed E-state index contributed by atoms with van der Waals surface area (Å²) in [5.74, 6) is 1.91. The molecule has 228 valence electrons. The van der Waals surface area contributed by atoms with Gasteiger partial charge in [-0.05, 0) is 79.2 Å². The molecule has 3 atom stereocenters. The number of pyridine rings is 1. The minimum Gasteiger partial charge on any atom is -0.492 e. The van der Waals surface area contributed by atoms with Gasteiger partial charge in [-0.15, -0.1) is 0 Å². The van der Waals surface area contributed by atoms with Crippen molar-refractivity contribution in [2.24, 2.45) is 11.8 Å². The molecule has 2 fully saturated rings. The highest BCUT2D eigenvalue weighted by Crippen LogP contribution is 2.42. The van der Waals surface area contributed by atoms with Crippen molar-refractivity contribution in [1.29, 1.82) is 5.26 Å². The van der Waals surface area contributed by atoms with Crippen molar-refractivity contribution in [3.63, 3.8) is 0 Å². The third-order valence-electron chi connectivity index (χ3n) is 7.53. The molecule has 2 aliphatic rings. The second-order valence-electron chi connectivity index (χ2n) is 13.1. The van der Waals surface area contributed by atoms with E-state index in [0.29, 0.717) is 47.5 Å². The number of hydrogen-bond acceptors (Lipinski definition) is 10. The van der Waals surface area contributed by atoms with Crippen LogP contribution in [0.3, 0.4) is 0 Å². The van der Waals surface area contributed by atoms with E-state index in [-0.39, 0.29) is 17.9 Å². The van der Waals surface area contributed by atoms with Crippen molar-refractivity contribution in [3.8, 4) is 23.1 Å². The summed E-state index contributed by atoms with van der Waals surface area (Å²) in [6.45, 7) is 14.5. The van der Waals surface area contributed by atoms with Crippen LogP contribution < -0.4 is 9.64 Å². The van der Waals surface area contributed by atoms with Gasteiger partial charge in [0.15, 0.2) is 0 Å². The van der Waals surface area contributed by atoms with Gasteiger partial charge in [0.1, 0.15) is 28.8 Å². The molecule has 2 amide bonds. The maximum absolute atomic E-state index is 13.1. The number of fused-ring (bicyclic) bond motifs is 2. The molecule has 1 saturated carbocycles. The summed E-state index contributed by atoms with van der Waals surface area (Å²) in [6.07, 6.45) is 6.69. The van der Waals surface area contributed by atoms with Crippen LogP contribution in [0.2, 0.25) is 0 Å². The molecule has 12 heteroatoms. The summed E-state index contributed by atoms with van der Waals surface area (Å²) in [4.78, 5) is 39.1. The Bertz CT molecular complexity index is 1510. The molecule has 0 bridgehead atoms. The average molecular weight is 590 g/mol. The Morgan fingerprint density at radius 2 is 1.63 bits per heavy atom. The lowest BCUT2D eigenvalue weighted by Crippen LogP contribution is -2.48. The Balaban J connectivity index is 1.31. The van der Waals surface area contributed by atoms with E-state index < -0.39 is 23.4 Å². The molecule has 12 nitrogen and oxygen atoms in total. The molecule has 3 aromatic rings. The van der Waals surface area contributed by atoms with Gasteiger partial charge in [-0.25, -0.2) is 24.0 Å². The predicted molar refractivity (Wildman–Crippen MR) is 159 cm³/mol. The Hall–Kier alpha value is -4.40. The Morgan fingerprint density at radius 1 is 1.00 bits per heavy atom. The Kier molecular flexibility index (Phi) is 7.94. The van der Waals surface area contributed by atoms with Crippen molar-refractivity contribution in [1.82, 2.24) is 24.5 Å². The number of amides is 2. The van der Waals surface area contributed by atoms with Gasteiger partial charge in [0.25, 0.3) is 0 Å². The van der Waals surface area contributed by atoms with Crippen LogP contribution in [0.4, 0.5) is 15.4 Å². The van der Waals surface area contributed by atoms with Gasteiger partial charge in [0.2, 0.25) is 0 Å². The summed E-state index contributed by atoms with van der Waals surface area (Å²) in [6, 6.07) is 3.74. The summed E-state index contributed by atoms with van der Waals surface area (Å²) in [7, 11) is 0. The molecule has 0 unspecified atom stereocenters. The molecule has 3 aromatic heterocycles. The lowest BCUT2D eigenvalue weighted by atomic mass is 10.0. The number of carbonyl (C=O) groups is 2. The number of anilines is 1. The molecular formula is C31H39N7O5. The second kappa shape index (κ2) is 11.4. The number of nitriles is 1. The number of rotatable bonds is 5. The van der Waals surface area contributed by atoms with Crippen LogP contribution in [-0.4, -0.2) is 73.6 Å². The average Bonchev–Trinajstić information content (AvgIpc) is 3.60. The van der Waals surface area contributed by atoms with Crippen molar-refractivity contribution in [2.45, 2.75) is 78.6 Å². The molecule has 5 rings (SSSR count). The third-order valence-corrected chi connectivity index (χ3v) is 7.53. The highest BCUT2D eigenvalue weighted by atomic mass is 16.6. The lowest BCUT2D eigenvalue weighted by molar-refractivity contribution is -0.00730. The van der Waals surface area contributed by atoms with E-state index in [9.17, 15) is 14.9 Å². The molecule has 1 aliphatic heterocycles. The van der Waals surface area contributed by atoms with E-state index in [0.717, 1.165) is 18.9 Å². The molecule has 0 radical (unpaired) electrons. The predicted octanol–water partition coefficient (Wildman–Crippen LogP) is 5.45. The Labute approximate surface area is 251 Å². The van der Waals surface area contributed by atoms with E-state index in [1.807, 2.05) is 13.0 Å². The number of nitrogens with zero attached hydrogens (tertiary/aromatic N) is 7. The first kappa shape index (κ1) is 30.1. The van der Waals surface area contributed by atoms with Gasteiger partial charge in [-0.3, -0.25) is 4.98 Å². The molecule has 0 spiro atoms. The van der Waals surface area contributed by atoms with Gasteiger partial charge in [-0.2, -0.15) is 10.4 Å². The standard InChI is InChI=1S/C31H39N7O5/c1-8-41-23-11-24(27-21(12-32)13-35-37(27)18-23)25-14-34-26(15-33-25)36-16-19-9-22(10-20(19)17-36)38(28(39)42-30(2,3)4)29(40)43-31(5,6)7/h11,13-15,18-20,22H,8-10,16-17H2,1-7H3/t19-,20+,22+. The van der Waals surface area contributed by atoms with Gasteiger partial charge < -0.3 is 19.1 Å². The maximum Gasteiger partial charge on any atom is 0.420 e. The normalized spacial score (nSPS) is 20.0. The fraction of sp³-hybridized carbons (Fsp3) is 0.548. The molecule has 1 saturated heterocycles. The van der Waals surface area contributed by atoms with Crippen LogP contribution in [-0.2, 0) is 9.47 Å². The number of aromatic nitrogens is 4. The zero-order valence-electron chi connectivity index (χ0n) is 25.8. The van der Waals surface area contributed by atoms with Gasteiger partial charge in [0, 0.05) is 24.7 Å². The van der Waals surface area contributed by atoms with Crippen molar-refractivity contribution >= 4 is 23.5 Å². The van der Waals surface area contributed by atoms with Crippen molar-refractivity contribution in [2.75, 3.05) is 24.6 Å². The fourth-order valence-corrected chi connectivity index (χ4v) is 5.90. The number of ether oxygens (including phenoxy) is 3. The maximum atomic E-state index is 13.1. The highest BCUT2D eigenvalue weighted by Gasteiger charge is 2.47. The number of hydrogen-bond donors (Lipinski definition) is 0. The van der Waals surface area contributed by atoms with E-state index in [4.69, 9.17) is 24.2 Å². The SMILES string of the molecule is CCOc1cc(-c2cnc(N3C[C@H]4C[C@H](N(C(=O)OC(C)(C)C)C(=O)OC(C)(C)C)C[C@H]4C3)cn2)c2c(C#N)cnn2c1. The molecule has 0 N–H and O–H groups in total. The quantitative estimate of drug-likeness (QED) is 0.378. The van der Waals surface area contributed by atoms with Crippen LogP contribution in [0, 0.1) is 23.2 Å². The monoisotopic (exact) mass is 589 g/mol. The minimum absolute atomic E-state index is 0.270. The van der Waals surface area contributed by atoms with E-state index in [2.05, 4.69) is 16.1 Å². The van der Waals surface area contributed by atoms with E-state index >= 15 is 0 Å². The fourth-order valence-electron chi connectivity index (χ4n) is 5.90. The molecule has 1 aliphatic carbocycles. The first-order valence-electron chi connectivity index (χ1n) is 14.6. The van der Waals surface area contributed by atoms with Crippen molar-refractivity contribution in [3.05, 3.63) is 36.4 Å². The topological polar surface area (TPSA) is 135 Å². The van der Waals surface area contributed by atoms with Crippen LogP contribution in [0.25, 0.3) is 16.8 Å². The smallest absolute Gasteiger partial charge is 0.420 e. The van der Waals surface area contributed by atoms with Gasteiger partial charge in [-0.1, -0.05) is 0 Å². The third kappa shape index (κ3) is 6.50. The largest absolute Gasteiger partial charge is 0.492 e. The summed E-state index contributed by atoms with van der Waals surface area (Å²) in [5, 5.41) is 13.9. The lowest BCUT2D eigenvalue weighted by Gasteiger charge is -2.32. The van der Waals surface area contributed by atoms with Gasteiger partial charge in [0.05, 0.1) is 48.2 Å². The van der Waals surface area contributed by atoms with Crippen LogP contribution in [0.5, 0.6) is 5.75 Å². The molecule has 43 heavy (non-hydrogen) atoms. The van der Waals surface area contributed by atoms with Crippen molar-refractivity contribution < 1.29 is 23.8 Å². The zero-order chi connectivity index (χ0) is 31.1. The van der Waals surface area contributed by atoms with E-state index in [1.165, 1.54) is 11.1 Å². The molecule has 4 heterocycles. The number of carbonyl (C=O) groups excluding carboxylic acids is 2. The summed E-state index contributed by atoms with van der Waals surface area (Å²) < 4.78 is 18.5. The summed E-state index contributed by atoms with van der Waals surface area (Å²) >= 11 is 0.